The molecule has 3 heterocycles. The number of aryl methyl sites for hydroxylation is 1. The number of carbonyl (C=O) groups is 3. The van der Waals surface area contributed by atoms with E-state index in [1.165, 1.54) is 4.90 Å². The Bertz CT molecular complexity index is 944. The van der Waals surface area contributed by atoms with Gasteiger partial charge in [-0.3, -0.25) is 24.8 Å². The van der Waals surface area contributed by atoms with Crippen molar-refractivity contribution in [3.05, 3.63) is 53.9 Å². The Hall–Kier alpha value is -3.42. The predicted molar refractivity (Wildman–Crippen MR) is 109 cm³/mol. The van der Waals surface area contributed by atoms with Crippen LogP contribution in [0.25, 0.3) is 0 Å². The van der Waals surface area contributed by atoms with E-state index in [9.17, 15) is 14.4 Å². The first-order valence-corrected chi connectivity index (χ1v) is 9.69. The number of nitrogens with one attached hydrogen (secondary N) is 1. The highest BCUT2D eigenvalue weighted by Gasteiger charge is 2.28. The van der Waals surface area contributed by atoms with Crippen LogP contribution in [0.5, 0.6) is 0 Å². The molecule has 1 N–H and O–H groups in total. The number of anilines is 2. The van der Waals surface area contributed by atoms with Crippen molar-refractivity contribution in [3.8, 4) is 0 Å². The van der Waals surface area contributed by atoms with Crippen LogP contribution in [-0.2, 0) is 4.79 Å². The highest BCUT2D eigenvalue weighted by Crippen LogP contribution is 2.22. The predicted octanol–water partition coefficient (Wildman–Crippen LogP) is 1.80. The van der Waals surface area contributed by atoms with Crippen LogP contribution in [0.2, 0.25) is 0 Å². The molecule has 2 saturated heterocycles. The molecule has 8 heteroatoms. The van der Waals surface area contributed by atoms with E-state index in [0.717, 1.165) is 30.8 Å². The molecule has 0 radical (unpaired) electrons. The summed E-state index contributed by atoms with van der Waals surface area (Å²) in [5.41, 5.74) is 3.47. The zero-order chi connectivity index (χ0) is 20.4. The van der Waals surface area contributed by atoms with Crippen LogP contribution in [0.1, 0.15) is 22.3 Å². The monoisotopic (exact) mass is 393 g/mol. The largest absolute Gasteiger partial charge is 0.369 e. The molecule has 29 heavy (non-hydrogen) atoms. The molecule has 8 nitrogen and oxygen atoms in total. The fraction of sp³-hybridized carbons (Fsp3) is 0.333. The van der Waals surface area contributed by atoms with Crippen LogP contribution in [0.4, 0.5) is 16.2 Å². The van der Waals surface area contributed by atoms with E-state index in [2.05, 4.69) is 15.2 Å². The summed E-state index contributed by atoms with van der Waals surface area (Å²) in [6, 6.07) is 8.41. The van der Waals surface area contributed by atoms with Crippen molar-refractivity contribution in [2.24, 2.45) is 0 Å². The topological polar surface area (TPSA) is 85.8 Å². The Kier molecular flexibility index (Phi) is 5.16. The first kappa shape index (κ1) is 18.9. The smallest absolute Gasteiger partial charge is 0.329 e. The molecule has 2 aliphatic rings. The van der Waals surface area contributed by atoms with Gasteiger partial charge in [-0.05, 0) is 49.2 Å². The third-order valence-electron chi connectivity index (χ3n) is 5.33. The summed E-state index contributed by atoms with van der Waals surface area (Å²) in [5, 5.41) is 2.25. The fourth-order valence-corrected chi connectivity index (χ4v) is 3.80. The number of aromatic nitrogens is 1. The number of hydrogen-bond donors (Lipinski definition) is 1. The number of amides is 4. The van der Waals surface area contributed by atoms with Crippen LogP contribution >= 0.6 is 0 Å². The minimum Gasteiger partial charge on any atom is -0.369 e. The number of nitrogens with zero attached hydrogens (tertiary/aromatic N) is 4. The van der Waals surface area contributed by atoms with Gasteiger partial charge in [0.25, 0.3) is 5.91 Å². The summed E-state index contributed by atoms with van der Waals surface area (Å²) < 4.78 is 0. The maximum Gasteiger partial charge on any atom is 0.329 e. The molecule has 0 spiro atoms. The molecule has 0 bridgehead atoms. The number of hydrogen-bond acceptors (Lipinski definition) is 5. The molecule has 0 aliphatic carbocycles. The van der Waals surface area contributed by atoms with Crippen molar-refractivity contribution >= 4 is 29.2 Å². The second kappa shape index (κ2) is 7.90. The van der Waals surface area contributed by atoms with Crippen molar-refractivity contribution in [3.63, 3.8) is 0 Å². The van der Waals surface area contributed by atoms with Gasteiger partial charge in [-0.15, -0.1) is 0 Å². The van der Waals surface area contributed by atoms with Gasteiger partial charge in [0.15, 0.2) is 0 Å². The molecule has 2 fully saturated rings. The van der Waals surface area contributed by atoms with Gasteiger partial charge in [-0.1, -0.05) is 0 Å². The Balaban J connectivity index is 1.42. The number of benzene rings is 1. The lowest BCUT2D eigenvalue weighted by Gasteiger charge is -2.25. The van der Waals surface area contributed by atoms with E-state index >= 15 is 0 Å². The molecule has 2 aliphatic heterocycles. The quantitative estimate of drug-likeness (QED) is 0.804. The molecule has 4 rings (SSSR count). The Labute approximate surface area is 169 Å². The second-order valence-corrected chi connectivity index (χ2v) is 7.28. The lowest BCUT2D eigenvalue weighted by molar-refractivity contribution is -0.117. The minimum atomic E-state index is -0.437. The Morgan fingerprint density at radius 1 is 1.03 bits per heavy atom. The number of imide groups is 1. The fourth-order valence-electron chi connectivity index (χ4n) is 3.80. The van der Waals surface area contributed by atoms with Crippen molar-refractivity contribution in [1.29, 1.82) is 0 Å². The molecule has 4 amide bonds. The molecular weight excluding hydrogens is 370 g/mol. The van der Waals surface area contributed by atoms with Gasteiger partial charge in [0.2, 0.25) is 5.91 Å². The van der Waals surface area contributed by atoms with E-state index in [4.69, 9.17) is 0 Å². The lowest BCUT2D eigenvalue weighted by atomic mass is 10.1. The highest BCUT2D eigenvalue weighted by molar-refractivity contribution is 6.12. The van der Waals surface area contributed by atoms with E-state index in [1.807, 2.05) is 24.1 Å². The molecule has 1 aromatic heterocycles. The summed E-state index contributed by atoms with van der Waals surface area (Å²) in [5.74, 6) is -0.347. The standard InChI is InChI=1S/C21H23N5O3/c1-15-13-22-8-7-18(15)24-9-2-10-25(12-11-24)20(28)16-3-5-17(6-4-16)26-14-19(27)23-21(26)29/h3-8,13H,2,9-12,14H2,1H3,(H,23,27,29). The zero-order valence-corrected chi connectivity index (χ0v) is 16.3. The van der Waals surface area contributed by atoms with Gasteiger partial charge in [0.1, 0.15) is 6.54 Å². The highest BCUT2D eigenvalue weighted by atomic mass is 16.2. The van der Waals surface area contributed by atoms with Crippen molar-refractivity contribution < 1.29 is 14.4 Å². The van der Waals surface area contributed by atoms with Gasteiger partial charge in [0.05, 0.1) is 0 Å². The number of rotatable bonds is 3. The second-order valence-electron chi connectivity index (χ2n) is 7.28. The van der Waals surface area contributed by atoms with Crippen LogP contribution < -0.4 is 15.1 Å². The normalized spacial score (nSPS) is 17.3. The minimum absolute atomic E-state index is 0.00249. The first-order valence-electron chi connectivity index (χ1n) is 9.69. The van der Waals surface area contributed by atoms with Gasteiger partial charge in [-0.25, -0.2) is 4.79 Å². The summed E-state index contributed by atoms with van der Waals surface area (Å²) >= 11 is 0. The van der Waals surface area contributed by atoms with Crippen molar-refractivity contribution in [2.75, 3.05) is 42.5 Å². The van der Waals surface area contributed by atoms with E-state index in [0.29, 0.717) is 24.3 Å². The molecule has 150 valence electrons. The van der Waals surface area contributed by atoms with Gasteiger partial charge >= 0.3 is 6.03 Å². The third-order valence-corrected chi connectivity index (χ3v) is 5.33. The van der Waals surface area contributed by atoms with Crippen LogP contribution in [0.3, 0.4) is 0 Å². The molecule has 0 atom stereocenters. The number of pyridine rings is 1. The molecule has 0 saturated carbocycles. The number of carbonyl (C=O) groups excluding carboxylic acids is 3. The van der Waals surface area contributed by atoms with Gasteiger partial charge in [-0.2, -0.15) is 0 Å². The van der Waals surface area contributed by atoms with Crippen LogP contribution in [0.15, 0.2) is 42.7 Å². The summed E-state index contributed by atoms with van der Waals surface area (Å²) in [7, 11) is 0. The average Bonchev–Trinajstić information content (AvgIpc) is 2.92. The average molecular weight is 393 g/mol. The maximum absolute atomic E-state index is 13.0. The SMILES string of the molecule is Cc1cnccc1N1CCCN(C(=O)c2ccc(N3CC(=O)NC3=O)cc2)CC1. The molecule has 2 aromatic rings. The van der Waals surface area contributed by atoms with Gasteiger partial charge in [0, 0.05) is 55.5 Å². The van der Waals surface area contributed by atoms with Gasteiger partial charge < -0.3 is 9.80 Å². The third kappa shape index (κ3) is 3.91. The lowest BCUT2D eigenvalue weighted by Crippen LogP contribution is -2.35. The number of urea groups is 1. The summed E-state index contributed by atoms with van der Waals surface area (Å²) in [6.45, 7) is 5.06. The summed E-state index contributed by atoms with van der Waals surface area (Å²) in [4.78, 5) is 45.8. The van der Waals surface area contributed by atoms with Crippen molar-refractivity contribution in [1.82, 2.24) is 15.2 Å². The van der Waals surface area contributed by atoms with E-state index < -0.39 is 6.03 Å². The van der Waals surface area contributed by atoms with Crippen LogP contribution in [-0.4, -0.2) is 60.5 Å². The summed E-state index contributed by atoms with van der Waals surface area (Å²) in [6.07, 6.45) is 4.55. The first-order chi connectivity index (χ1) is 14.0. The Morgan fingerprint density at radius 2 is 1.83 bits per heavy atom. The molecule has 0 unspecified atom stereocenters. The zero-order valence-electron chi connectivity index (χ0n) is 16.3. The molecular formula is C21H23N5O3. The van der Waals surface area contributed by atoms with Crippen molar-refractivity contribution in [2.45, 2.75) is 13.3 Å². The van der Waals surface area contributed by atoms with E-state index in [1.54, 1.807) is 30.5 Å². The van der Waals surface area contributed by atoms with E-state index in [-0.39, 0.29) is 18.4 Å². The maximum atomic E-state index is 13.0. The molecule has 1 aromatic carbocycles. The Morgan fingerprint density at radius 3 is 2.52 bits per heavy atom. The van der Waals surface area contributed by atoms with Crippen LogP contribution in [0, 0.1) is 6.92 Å².